The summed E-state index contributed by atoms with van der Waals surface area (Å²) in [6.07, 6.45) is 2.04. The summed E-state index contributed by atoms with van der Waals surface area (Å²) in [5.74, 6) is 1.31. The summed E-state index contributed by atoms with van der Waals surface area (Å²) >= 11 is 0. The van der Waals surface area contributed by atoms with Crippen molar-refractivity contribution in [2.45, 2.75) is 38.6 Å². The fraction of sp³-hybridized carbons (Fsp3) is 0.600. The van der Waals surface area contributed by atoms with E-state index in [1.807, 2.05) is 12.1 Å². The van der Waals surface area contributed by atoms with Crippen LogP contribution in [0.4, 0.5) is 0 Å². The predicted molar refractivity (Wildman–Crippen MR) is 72.8 cm³/mol. The maximum atomic E-state index is 9.46. The highest BCUT2D eigenvalue weighted by Gasteiger charge is 2.47. The topological polar surface area (TPSA) is 55.5 Å². The molecule has 100 valence electrons. The number of aliphatic hydroxyl groups is 1. The quantitative estimate of drug-likeness (QED) is 0.843. The number of nitrogens with two attached hydrogens (primary N) is 1. The first-order valence-corrected chi connectivity index (χ1v) is 6.58. The molecule has 0 aromatic heterocycles. The van der Waals surface area contributed by atoms with Crippen LogP contribution < -0.4 is 10.5 Å². The van der Waals surface area contributed by atoms with Crippen LogP contribution in [0.1, 0.15) is 49.8 Å². The molecule has 0 heterocycles. The predicted octanol–water partition coefficient (Wildman–Crippen LogP) is 2.59. The van der Waals surface area contributed by atoms with Gasteiger partial charge >= 0.3 is 0 Å². The van der Waals surface area contributed by atoms with E-state index in [0.29, 0.717) is 5.92 Å². The molecule has 0 bridgehead atoms. The van der Waals surface area contributed by atoms with E-state index in [1.165, 1.54) is 5.56 Å². The molecule has 1 aromatic rings. The lowest BCUT2D eigenvalue weighted by Crippen LogP contribution is -2.26. The molecule has 1 saturated carbocycles. The molecule has 0 amide bonds. The van der Waals surface area contributed by atoms with Crippen LogP contribution in [0.15, 0.2) is 18.2 Å². The Balaban J connectivity index is 2.32. The third-order valence-corrected chi connectivity index (χ3v) is 4.10. The fourth-order valence-corrected chi connectivity index (χ4v) is 2.48. The molecule has 0 spiro atoms. The van der Waals surface area contributed by atoms with Crippen molar-refractivity contribution in [3.63, 3.8) is 0 Å². The number of hydrogen-bond donors (Lipinski definition) is 2. The van der Waals surface area contributed by atoms with Gasteiger partial charge in [0.15, 0.2) is 0 Å². The van der Waals surface area contributed by atoms with Crippen LogP contribution >= 0.6 is 0 Å². The van der Waals surface area contributed by atoms with E-state index in [2.05, 4.69) is 19.9 Å². The zero-order chi connectivity index (χ0) is 13.3. The van der Waals surface area contributed by atoms with Crippen molar-refractivity contribution in [3.8, 4) is 5.75 Å². The second kappa shape index (κ2) is 4.90. The molecule has 2 rings (SSSR count). The highest BCUT2D eigenvalue weighted by molar-refractivity contribution is 5.41. The molecule has 3 N–H and O–H groups in total. The molecule has 3 heteroatoms. The van der Waals surface area contributed by atoms with Gasteiger partial charge in [0.1, 0.15) is 5.75 Å². The molecule has 1 unspecified atom stereocenters. The fourth-order valence-electron chi connectivity index (χ4n) is 2.48. The lowest BCUT2D eigenvalue weighted by atomic mass is 9.89. The smallest absolute Gasteiger partial charge is 0.122 e. The van der Waals surface area contributed by atoms with E-state index in [4.69, 9.17) is 10.5 Å². The normalized spacial score (nSPS) is 18.8. The van der Waals surface area contributed by atoms with Gasteiger partial charge in [-0.05, 0) is 36.0 Å². The summed E-state index contributed by atoms with van der Waals surface area (Å²) in [6.45, 7) is 4.47. The van der Waals surface area contributed by atoms with Gasteiger partial charge in [0.05, 0.1) is 13.7 Å². The Morgan fingerprint density at radius 1 is 1.39 bits per heavy atom. The van der Waals surface area contributed by atoms with Crippen LogP contribution in [-0.2, 0) is 0 Å². The maximum absolute atomic E-state index is 9.46. The summed E-state index contributed by atoms with van der Waals surface area (Å²) < 4.78 is 5.38. The van der Waals surface area contributed by atoms with Crippen LogP contribution in [0.2, 0.25) is 0 Å². The van der Waals surface area contributed by atoms with Crippen molar-refractivity contribution in [2.75, 3.05) is 13.7 Å². The third-order valence-electron chi connectivity index (χ3n) is 4.10. The molecular weight excluding hydrogens is 226 g/mol. The first kappa shape index (κ1) is 13.4. The Morgan fingerprint density at radius 3 is 2.50 bits per heavy atom. The number of aliphatic hydroxyl groups excluding tert-OH is 1. The molecule has 1 aliphatic rings. The van der Waals surface area contributed by atoms with Gasteiger partial charge in [-0.3, -0.25) is 0 Å². The minimum Gasteiger partial charge on any atom is -0.496 e. The van der Waals surface area contributed by atoms with Crippen LogP contribution in [-0.4, -0.2) is 18.8 Å². The van der Waals surface area contributed by atoms with E-state index >= 15 is 0 Å². The van der Waals surface area contributed by atoms with E-state index in [1.54, 1.807) is 7.11 Å². The van der Waals surface area contributed by atoms with Gasteiger partial charge in [-0.1, -0.05) is 26.0 Å². The Bertz CT molecular complexity index is 425. The molecule has 0 radical (unpaired) electrons. The standard InChI is InChI=1S/C15H23NO2/c1-10(2)12-8-11(4-5-13(12)18-3)14(16)15(9-17)6-7-15/h4-5,8,10,14,17H,6-7,9,16H2,1-3H3. The zero-order valence-corrected chi connectivity index (χ0v) is 11.4. The first-order chi connectivity index (χ1) is 8.54. The van der Waals surface area contributed by atoms with Gasteiger partial charge in [0.2, 0.25) is 0 Å². The molecule has 18 heavy (non-hydrogen) atoms. The molecular formula is C15H23NO2. The lowest BCUT2D eigenvalue weighted by molar-refractivity contribution is 0.187. The lowest BCUT2D eigenvalue weighted by Gasteiger charge is -2.23. The maximum Gasteiger partial charge on any atom is 0.122 e. The minimum atomic E-state index is -0.0805. The summed E-state index contributed by atoms with van der Waals surface area (Å²) in [4.78, 5) is 0. The third kappa shape index (κ3) is 2.25. The summed E-state index contributed by atoms with van der Waals surface area (Å²) in [6, 6.07) is 6.05. The molecule has 3 nitrogen and oxygen atoms in total. The molecule has 0 saturated heterocycles. The van der Waals surface area contributed by atoms with Crippen LogP contribution in [0.25, 0.3) is 0 Å². The van der Waals surface area contributed by atoms with Crippen molar-refractivity contribution in [2.24, 2.45) is 11.1 Å². The van der Waals surface area contributed by atoms with Crippen molar-refractivity contribution >= 4 is 0 Å². The number of rotatable bonds is 5. The number of hydrogen-bond acceptors (Lipinski definition) is 3. The van der Waals surface area contributed by atoms with E-state index < -0.39 is 0 Å². The Morgan fingerprint density at radius 2 is 2.06 bits per heavy atom. The highest BCUT2D eigenvalue weighted by Crippen LogP contribution is 2.53. The van der Waals surface area contributed by atoms with E-state index in [9.17, 15) is 5.11 Å². The van der Waals surface area contributed by atoms with Gasteiger partial charge < -0.3 is 15.6 Å². The average molecular weight is 249 g/mol. The summed E-state index contributed by atoms with van der Waals surface area (Å²) in [7, 11) is 1.69. The first-order valence-electron chi connectivity index (χ1n) is 6.58. The number of ether oxygens (including phenoxy) is 1. The van der Waals surface area contributed by atoms with Gasteiger partial charge in [0, 0.05) is 11.5 Å². The molecule has 0 aliphatic heterocycles. The van der Waals surface area contributed by atoms with Gasteiger partial charge in [0.25, 0.3) is 0 Å². The Kier molecular flexibility index (Phi) is 3.64. The molecule has 1 atom stereocenters. The van der Waals surface area contributed by atoms with Crippen molar-refractivity contribution in [1.82, 2.24) is 0 Å². The number of methoxy groups -OCH3 is 1. The van der Waals surface area contributed by atoms with Crippen LogP contribution in [0.5, 0.6) is 5.75 Å². The zero-order valence-electron chi connectivity index (χ0n) is 11.4. The Labute approximate surface area is 109 Å². The summed E-state index contributed by atoms with van der Waals surface area (Å²) in [5.41, 5.74) is 8.51. The second-order valence-corrected chi connectivity index (χ2v) is 5.65. The monoisotopic (exact) mass is 249 g/mol. The minimum absolute atomic E-state index is 0.0779. The van der Waals surface area contributed by atoms with Crippen molar-refractivity contribution < 1.29 is 9.84 Å². The second-order valence-electron chi connectivity index (χ2n) is 5.65. The van der Waals surface area contributed by atoms with Gasteiger partial charge in [-0.2, -0.15) is 0 Å². The summed E-state index contributed by atoms with van der Waals surface area (Å²) in [5, 5.41) is 9.46. The highest BCUT2D eigenvalue weighted by atomic mass is 16.5. The Hall–Kier alpha value is -1.06. The molecule has 1 fully saturated rings. The van der Waals surface area contributed by atoms with Crippen LogP contribution in [0, 0.1) is 5.41 Å². The molecule has 1 aromatic carbocycles. The van der Waals surface area contributed by atoms with Gasteiger partial charge in [-0.15, -0.1) is 0 Å². The largest absolute Gasteiger partial charge is 0.496 e. The number of benzene rings is 1. The van der Waals surface area contributed by atoms with Crippen molar-refractivity contribution in [3.05, 3.63) is 29.3 Å². The van der Waals surface area contributed by atoms with Crippen molar-refractivity contribution in [1.29, 1.82) is 0 Å². The SMILES string of the molecule is COc1ccc(C(N)C2(CO)CC2)cc1C(C)C. The molecule has 1 aliphatic carbocycles. The van der Waals surface area contributed by atoms with E-state index in [0.717, 1.165) is 24.2 Å². The average Bonchev–Trinajstić information content (AvgIpc) is 3.18. The van der Waals surface area contributed by atoms with E-state index in [-0.39, 0.29) is 18.1 Å². The van der Waals surface area contributed by atoms with Gasteiger partial charge in [-0.25, -0.2) is 0 Å². The van der Waals surface area contributed by atoms with Crippen LogP contribution in [0.3, 0.4) is 0 Å².